The van der Waals surface area contributed by atoms with Crippen molar-refractivity contribution in [3.8, 4) is 5.75 Å². The van der Waals surface area contributed by atoms with E-state index in [-0.39, 0.29) is 24.6 Å². The lowest BCUT2D eigenvalue weighted by Crippen LogP contribution is -2.34. The van der Waals surface area contributed by atoms with E-state index in [1.807, 2.05) is 0 Å². The van der Waals surface area contributed by atoms with E-state index in [1.54, 1.807) is 24.0 Å². The van der Waals surface area contributed by atoms with Gasteiger partial charge >= 0.3 is 12.6 Å². The number of carboxylic acids is 1. The Morgan fingerprint density at radius 2 is 2.00 bits per heavy atom. The number of alkyl halides is 2. The topological polar surface area (TPSA) is 66.8 Å². The van der Waals surface area contributed by atoms with Crippen LogP contribution in [0.2, 0.25) is 0 Å². The number of halogens is 2. The van der Waals surface area contributed by atoms with Crippen LogP contribution < -0.4 is 4.74 Å². The summed E-state index contributed by atoms with van der Waals surface area (Å²) in [6, 6.07) is 6.14. The minimum atomic E-state index is -2.86. The summed E-state index contributed by atoms with van der Waals surface area (Å²) in [4.78, 5) is 24.9. The maximum Gasteiger partial charge on any atom is 0.387 e. The average Bonchev–Trinajstić information content (AvgIpc) is 2.90. The van der Waals surface area contributed by atoms with Crippen molar-refractivity contribution in [1.29, 1.82) is 0 Å². The Bertz CT molecular complexity index is 576. The van der Waals surface area contributed by atoms with Gasteiger partial charge in [0.25, 0.3) is 0 Å². The molecule has 7 heteroatoms. The number of likely N-dealkylation sites (tertiary alicyclic amines) is 1. The Morgan fingerprint density at radius 1 is 1.35 bits per heavy atom. The van der Waals surface area contributed by atoms with E-state index in [4.69, 9.17) is 5.11 Å². The van der Waals surface area contributed by atoms with Crippen LogP contribution in [0.3, 0.4) is 0 Å². The van der Waals surface area contributed by atoms with Gasteiger partial charge in [-0.2, -0.15) is 8.78 Å². The number of hydrogen-bond acceptors (Lipinski definition) is 3. The Hall–Kier alpha value is -2.18. The molecule has 2 rings (SSSR count). The number of aliphatic carboxylic acids is 1. The molecule has 1 unspecified atom stereocenters. The predicted molar refractivity (Wildman–Crippen MR) is 78.3 cm³/mol. The summed E-state index contributed by atoms with van der Waals surface area (Å²) >= 11 is 0. The Morgan fingerprint density at radius 3 is 2.52 bits per heavy atom. The fourth-order valence-corrected chi connectivity index (χ4v) is 2.60. The molecule has 1 fully saturated rings. The van der Waals surface area contributed by atoms with Gasteiger partial charge < -0.3 is 14.7 Å². The molecule has 0 saturated carbocycles. The molecule has 5 nitrogen and oxygen atoms in total. The van der Waals surface area contributed by atoms with E-state index < -0.39 is 18.0 Å². The van der Waals surface area contributed by atoms with Gasteiger partial charge in [-0.05, 0) is 37.5 Å². The van der Waals surface area contributed by atoms with Crippen molar-refractivity contribution >= 4 is 11.9 Å². The fourth-order valence-electron chi connectivity index (χ4n) is 2.60. The van der Waals surface area contributed by atoms with E-state index in [2.05, 4.69) is 4.74 Å². The highest BCUT2D eigenvalue weighted by atomic mass is 19.3. The number of amides is 1. The van der Waals surface area contributed by atoms with Crippen molar-refractivity contribution < 1.29 is 28.2 Å². The lowest BCUT2D eigenvalue weighted by Gasteiger charge is -2.20. The predicted octanol–water partition coefficient (Wildman–Crippen LogP) is 2.54. The molecular weight excluding hydrogens is 308 g/mol. The maximum atomic E-state index is 12.2. The molecule has 1 amide bonds. The molecule has 1 aliphatic rings. The third kappa shape index (κ3) is 4.40. The third-order valence-electron chi connectivity index (χ3n) is 4.12. The van der Waals surface area contributed by atoms with E-state index >= 15 is 0 Å². The first kappa shape index (κ1) is 17.2. The number of benzene rings is 1. The van der Waals surface area contributed by atoms with Crippen LogP contribution in [0, 0.1) is 5.41 Å². The van der Waals surface area contributed by atoms with Crippen molar-refractivity contribution in [2.45, 2.75) is 32.8 Å². The Balaban J connectivity index is 1.84. The Labute approximate surface area is 132 Å². The minimum Gasteiger partial charge on any atom is -0.481 e. The lowest BCUT2D eigenvalue weighted by molar-refractivity contribution is -0.147. The fraction of sp³-hybridized carbons (Fsp3) is 0.500. The van der Waals surface area contributed by atoms with Gasteiger partial charge in [0.15, 0.2) is 0 Å². The van der Waals surface area contributed by atoms with Gasteiger partial charge in [-0.25, -0.2) is 0 Å². The normalized spacial score (nSPS) is 20.8. The number of carboxylic acid groups (broad SMARTS) is 1. The quantitative estimate of drug-likeness (QED) is 0.872. The molecule has 1 heterocycles. The van der Waals surface area contributed by atoms with Crippen molar-refractivity contribution in [2.24, 2.45) is 5.41 Å². The van der Waals surface area contributed by atoms with Crippen LogP contribution in [0.15, 0.2) is 24.3 Å². The molecule has 0 radical (unpaired) electrons. The van der Waals surface area contributed by atoms with E-state index in [0.717, 1.165) is 5.56 Å². The number of aryl methyl sites for hydroxylation is 1. The second kappa shape index (κ2) is 6.93. The highest BCUT2D eigenvalue weighted by Gasteiger charge is 2.41. The van der Waals surface area contributed by atoms with E-state index in [9.17, 15) is 18.4 Å². The first-order valence-corrected chi connectivity index (χ1v) is 7.35. The molecular formula is C16H19F2NO4. The van der Waals surface area contributed by atoms with Crippen molar-refractivity contribution in [1.82, 2.24) is 4.90 Å². The van der Waals surface area contributed by atoms with Crippen LogP contribution in [0.1, 0.15) is 25.3 Å². The smallest absolute Gasteiger partial charge is 0.387 e. The summed E-state index contributed by atoms with van der Waals surface area (Å²) in [6.45, 7) is -0.545. The van der Waals surface area contributed by atoms with Gasteiger partial charge in [0.1, 0.15) is 5.75 Å². The van der Waals surface area contributed by atoms with Gasteiger partial charge in [0, 0.05) is 19.5 Å². The largest absolute Gasteiger partial charge is 0.481 e. The zero-order chi connectivity index (χ0) is 17.0. The molecule has 1 N–H and O–H groups in total. The number of ether oxygens (including phenoxy) is 1. The summed E-state index contributed by atoms with van der Waals surface area (Å²) in [5.41, 5.74) is -0.0376. The lowest BCUT2D eigenvalue weighted by atomic mass is 9.90. The van der Waals surface area contributed by atoms with Crippen molar-refractivity contribution in [2.75, 3.05) is 13.1 Å². The molecule has 1 saturated heterocycles. The molecule has 0 bridgehead atoms. The van der Waals surface area contributed by atoms with Crippen LogP contribution >= 0.6 is 0 Å². The van der Waals surface area contributed by atoms with Crippen molar-refractivity contribution in [3.05, 3.63) is 29.8 Å². The van der Waals surface area contributed by atoms with E-state index in [0.29, 0.717) is 19.4 Å². The second-order valence-corrected chi connectivity index (χ2v) is 5.95. The zero-order valence-corrected chi connectivity index (χ0v) is 12.8. The molecule has 0 aromatic heterocycles. The molecule has 1 aromatic rings. The van der Waals surface area contributed by atoms with Crippen LogP contribution in [0.5, 0.6) is 5.75 Å². The molecule has 0 spiro atoms. The summed E-state index contributed by atoms with van der Waals surface area (Å²) in [7, 11) is 0. The Kier molecular flexibility index (Phi) is 5.18. The minimum absolute atomic E-state index is 0.0758. The van der Waals surface area contributed by atoms with Crippen LogP contribution in [-0.2, 0) is 16.0 Å². The summed E-state index contributed by atoms with van der Waals surface area (Å²) in [5, 5.41) is 9.17. The number of rotatable bonds is 6. The van der Waals surface area contributed by atoms with Gasteiger partial charge in [-0.15, -0.1) is 0 Å². The molecule has 126 valence electrons. The number of carbonyl (C=O) groups is 2. The van der Waals surface area contributed by atoms with Gasteiger partial charge in [-0.3, -0.25) is 9.59 Å². The summed E-state index contributed by atoms with van der Waals surface area (Å²) < 4.78 is 28.4. The zero-order valence-electron chi connectivity index (χ0n) is 12.8. The number of nitrogens with zero attached hydrogens (tertiary/aromatic N) is 1. The SMILES string of the molecule is CC1(C(=O)O)CCN(C(=O)CCc2ccc(OC(F)F)cc2)C1. The molecule has 1 atom stereocenters. The average molecular weight is 327 g/mol. The monoisotopic (exact) mass is 327 g/mol. The van der Waals surface area contributed by atoms with Crippen LogP contribution in [0.4, 0.5) is 8.78 Å². The third-order valence-corrected chi connectivity index (χ3v) is 4.12. The number of carbonyl (C=O) groups excluding carboxylic acids is 1. The molecule has 0 aliphatic carbocycles. The molecule has 1 aromatic carbocycles. The summed E-state index contributed by atoms with van der Waals surface area (Å²) in [5.74, 6) is -0.905. The van der Waals surface area contributed by atoms with E-state index in [1.165, 1.54) is 12.1 Å². The first-order chi connectivity index (χ1) is 10.8. The standard InChI is InChI=1S/C16H19F2NO4/c1-16(14(21)22)8-9-19(10-16)13(20)7-4-11-2-5-12(6-3-11)23-15(17)18/h2-3,5-6,15H,4,7-10H2,1H3,(H,21,22). The molecule has 1 aliphatic heterocycles. The number of hydrogen-bond donors (Lipinski definition) is 1. The van der Waals surface area contributed by atoms with Crippen LogP contribution in [-0.4, -0.2) is 41.6 Å². The van der Waals surface area contributed by atoms with Gasteiger partial charge in [0.05, 0.1) is 5.41 Å². The first-order valence-electron chi connectivity index (χ1n) is 7.35. The van der Waals surface area contributed by atoms with Gasteiger partial charge in [-0.1, -0.05) is 12.1 Å². The van der Waals surface area contributed by atoms with Crippen LogP contribution in [0.25, 0.3) is 0 Å². The summed E-state index contributed by atoms with van der Waals surface area (Å²) in [6.07, 6.45) is 1.17. The van der Waals surface area contributed by atoms with Gasteiger partial charge in [0.2, 0.25) is 5.91 Å². The highest BCUT2D eigenvalue weighted by molar-refractivity contribution is 5.80. The highest BCUT2D eigenvalue weighted by Crippen LogP contribution is 2.30. The molecule has 23 heavy (non-hydrogen) atoms. The second-order valence-electron chi connectivity index (χ2n) is 5.95. The maximum absolute atomic E-state index is 12.2. The van der Waals surface area contributed by atoms with Crippen molar-refractivity contribution in [3.63, 3.8) is 0 Å².